The number of hydrogen-bond donors (Lipinski definition) is 1. The molecule has 3 rings (SSSR count). The first-order valence-electron chi connectivity index (χ1n) is 9.60. The van der Waals surface area contributed by atoms with Crippen LogP contribution < -0.4 is 9.47 Å². The van der Waals surface area contributed by atoms with Crippen LogP contribution in [0.1, 0.15) is 17.5 Å². The average molecular weight is 427 g/mol. The second kappa shape index (κ2) is 9.58. The van der Waals surface area contributed by atoms with Crippen molar-refractivity contribution in [2.45, 2.75) is 26.4 Å². The summed E-state index contributed by atoms with van der Waals surface area (Å²) in [7, 11) is 5.06. The van der Waals surface area contributed by atoms with E-state index in [0.29, 0.717) is 30.1 Å². The Morgan fingerprint density at radius 3 is 2.57 bits per heavy atom. The highest BCUT2D eigenvalue weighted by Gasteiger charge is 2.15. The normalized spacial score (nSPS) is 10.7. The zero-order chi connectivity index (χ0) is 21.7. The monoisotopic (exact) mass is 426 g/mol. The van der Waals surface area contributed by atoms with E-state index in [1.54, 1.807) is 26.2 Å². The first-order valence-corrected chi connectivity index (χ1v) is 10.0. The molecule has 158 valence electrons. The summed E-state index contributed by atoms with van der Waals surface area (Å²) in [5.41, 5.74) is 3.00. The number of carbonyl (C=O) groups excluding carboxylic acids is 1. The number of nitrogens with one attached hydrogen (secondary N) is 1. The first-order chi connectivity index (χ1) is 14.4. The number of aromatic amines is 1. The van der Waals surface area contributed by atoms with Crippen LogP contribution in [0, 0.1) is 11.7 Å². The van der Waals surface area contributed by atoms with Gasteiger partial charge in [0, 0.05) is 37.7 Å². The fraction of sp³-hybridized carbons (Fsp3) is 0.318. The molecule has 0 aliphatic heterocycles. The second-order valence-electron chi connectivity index (χ2n) is 7.05. The van der Waals surface area contributed by atoms with Crippen LogP contribution in [-0.2, 0) is 17.9 Å². The third-order valence-corrected chi connectivity index (χ3v) is 5.24. The van der Waals surface area contributed by atoms with Crippen LogP contribution >= 0.6 is 12.2 Å². The molecule has 0 radical (unpaired) electrons. The van der Waals surface area contributed by atoms with Gasteiger partial charge in [0.2, 0.25) is 5.91 Å². The van der Waals surface area contributed by atoms with E-state index in [2.05, 4.69) is 10.2 Å². The van der Waals surface area contributed by atoms with Gasteiger partial charge in [0.05, 0.1) is 14.2 Å². The van der Waals surface area contributed by atoms with Gasteiger partial charge in [-0.3, -0.25) is 14.5 Å². The third-order valence-electron chi connectivity index (χ3n) is 4.92. The van der Waals surface area contributed by atoms with Crippen molar-refractivity contribution in [3.8, 4) is 22.9 Å². The van der Waals surface area contributed by atoms with Gasteiger partial charge in [-0.2, -0.15) is 5.10 Å². The molecule has 7 nitrogen and oxygen atoms in total. The molecule has 0 fully saturated rings. The Labute approximate surface area is 181 Å². The number of ether oxygens (including phenoxy) is 2. The summed E-state index contributed by atoms with van der Waals surface area (Å²) in [6, 6.07) is 13.5. The molecule has 30 heavy (non-hydrogen) atoms. The number of benzene rings is 2. The van der Waals surface area contributed by atoms with Crippen molar-refractivity contribution >= 4 is 18.1 Å². The van der Waals surface area contributed by atoms with Crippen molar-refractivity contribution in [3.05, 3.63) is 58.4 Å². The summed E-state index contributed by atoms with van der Waals surface area (Å²) in [6.07, 6.45) is 0.307. The summed E-state index contributed by atoms with van der Waals surface area (Å²) in [5.74, 6) is 2.25. The molecule has 0 saturated carbocycles. The number of methoxy groups -OCH3 is 2. The molecule has 1 heterocycles. The maximum absolute atomic E-state index is 12.8. The second-order valence-corrected chi connectivity index (χ2v) is 7.43. The molecule has 8 heteroatoms. The number of nitrogens with zero attached hydrogens (tertiary/aromatic N) is 3. The largest absolute Gasteiger partial charge is 0.497 e. The van der Waals surface area contributed by atoms with Gasteiger partial charge in [-0.25, -0.2) is 0 Å². The van der Waals surface area contributed by atoms with Gasteiger partial charge in [0.1, 0.15) is 11.5 Å². The number of carbonyl (C=O) groups is 1. The minimum absolute atomic E-state index is 0.0161. The Morgan fingerprint density at radius 2 is 1.90 bits per heavy atom. The molecule has 0 aliphatic rings. The van der Waals surface area contributed by atoms with Gasteiger partial charge in [-0.05, 0) is 49.5 Å². The van der Waals surface area contributed by atoms with E-state index in [9.17, 15) is 4.79 Å². The number of H-pyrrole nitrogens is 1. The molecular formula is C22H26N4O3S. The Hall–Kier alpha value is -3.13. The number of aromatic nitrogens is 3. The van der Waals surface area contributed by atoms with Gasteiger partial charge in [0.15, 0.2) is 10.6 Å². The van der Waals surface area contributed by atoms with Crippen LogP contribution in [0.5, 0.6) is 11.5 Å². The van der Waals surface area contributed by atoms with E-state index < -0.39 is 0 Å². The van der Waals surface area contributed by atoms with Crippen LogP contribution in [0.2, 0.25) is 0 Å². The van der Waals surface area contributed by atoms with E-state index in [1.165, 1.54) is 0 Å². The lowest BCUT2D eigenvalue weighted by Crippen LogP contribution is -2.27. The molecule has 1 aromatic heterocycles. The zero-order valence-corrected chi connectivity index (χ0v) is 18.5. The molecule has 0 unspecified atom stereocenters. The smallest absolute Gasteiger partial charge is 0.224 e. The van der Waals surface area contributed by atoms with E-state index in [1.807, 2.05) is 54.0 Å². The molecule has 0 spiro atoms. The summed E-state index contributed by atoms with van der Waals surface area (Å²) < 4.78 is 12.9. The lowest BCUT2D eigenvalue weighted by atomic mass is 10.1. The highest BCUT2D eigenvalue weighted by atomic mass is 32.1. The summed E-state index contributed by atoms with van der Waals surface area (Å²) in [6.45, 7) is 2.93. The van der Waals surface area contributed by atoms with Gasteiger partial charge < -0.3 is 14.4 Å². The fourth-order valence-corrected chi connectivity index (χ4v) is 3.48. The molecule has 0 aliphatic carbocycles. The fourth-order valence-electron chi connectivity index (χ4n) is 3.26. The van der Waals surface area contributed by atoms with Crippen molar-refractivity contribution in [2.75, 3.05) is 21.3 Å². The Kier molecular flexibility index (Phi) is 6.89. The molecule has 0 bridgehead atoms. The lowest BCUT2D eigenvalue weighted by molar-refractivity contribution is -0.130. The Bertz CT molecular complexity index is 1070. The standard InChI is InChI=1S/C22H26N4O3S/c1-15-5-10-19(29-4)17(13-15)14-25(2)20(27)11-12-26-21(23-24-22(26)30)16-6-8-18(28-3)9-7-16/h5-10,13H,11-12,14H2,1-4H3,(H,24,30). The topological polar surface area (TPSA) is 72.4 Å². The number of amides is 1. The first kappa shape index (κ1) is 21.6. The van der Waals surface area contributed by atoms with E-state index >= 15 is 0 Å². The van der Waals surface area contributed by atoms with Crippen molar-refractivity contribution in [3.63, 3.8) is 0 Å². The number of rotatable bonds is 8. The molecule has 1 amide bonds. The highest BCUT2D eigenvalue weighted by molar-refractivity contribution is 7.71. The molecule has 2 aromatic carbocycles. The van der Waals surface area contributed by atoms with Gasteiger partial charge in [-0.1, -0.05) is 17.7 Å². The van der Waals surface area contributed by atoms with Crippen molar-refractivity contribution < 1.29 is 14.3 Å². The third kappa shape index (κ3) is 4.88. The Balaban J connectivity index is 1.69. The van der Waals surface area contributed by atoms with Crippen molar-refractivity contribution in [1.82, 2.24) is 19.7 Å². The van der Waals surface area contributed by atoms with Crippen LogP contribution in [0.4, 0.5) is 0 Å². The maximum Gasteiger partial charge on any atom is 0.224 e. The quantitative estimate of drug-likeness (QED) is 0.552. The van der Waals surface area contributed by atoms with Crippen LogP contribution in [0.15, 0.2) is 42.5 Å². The summed E-state index contributed by atoms with van der Waals surface area (Å²) in [5, 5.41) is 7.15. The van der Waals surface area contributed by atoms with Crippen molar-refractivity contribution in [2.24, 2.45) is 0 Å². The van der Waals surface area contributed by atoms with Crippen molar-refractivity contribution in [1.29, 1.82) is 0 Å². The minimum Gasteiger partial charge on any atom is -0.497 e. The SMILES string of the molecule is COc1ccc(-c2n[nH]c(=S)n2CCC(=O)N(C)Cc2cc(C)ccc2OC)cc1. The summed E-state index contributed by atoms with van der Waals surface area (Å²) >= 11 is 5.37. The van der Waals surface area contributed by atoms with Crippen LogP contribution in [-0.4, -0.2) is 46.8 Å². The predicted octanol–water partition coefficient (Wildman–Crippen LogP) is 3.98. The van der Waals surface area contributed by atoms with Gasteiger partial charge in [0.25, 0.3) is 0 Å². The zero-order valence-electron chi connectivity index (χ0n) is 17.6. The van der Waals surface area contributed by atoms with Crippen LogP contribution in [0.25, 0.3) is 11.4 Å². The highest BCUT2D eigenvalue weighted by Crippen LogP contribution is 2.23. The van der Waals surface area contributed by atoms with E-state index in [0.717, 1.165) is 28.2 Å². The average Bonchev–Trinajstić information content (AvgIpc) is 3.12. The lowest BCUT2D eigenvalue weighted by Gasteiger charge is -2.19. The van der Waals surface area contributed by atoms with E-state index in [-0.39, 0.29) is 5.91 Å². The van der Waals surface area contributed by atoms with E-state index in [4.69, 9.17) is 21.7 Å². The predicted molar refractivity (Wildman–Crippen MR) is 118 cm³/mol. The van der Waals surface area contributed by atoms with Gasteiger partial charge in [-0.15, -0.1) is 0 Å². The molecule has 3 aromatic rings. The number of hydrogen-bond acceptors (Lipinski definition) is 5. The molecule has 0 saturated heterocycles. The molecule has 0 atom stereocenters. The van der Waals surface area contributed by atoms with Gasteiger partial charge >= 0.3 is 0 Å². The summed E-state index contributed by atoms with van der Waals surface area (Å²) in [4.78, 5) is 14.5. The van der Waals surface area contributed by atoms with Crippen LogP contribution in [0.3, 0.4) is 0 Å². The molecule has 1 N–H and O–H groups in total. The molecular weight excluding hydrogens is 400 g/mol. The number of aryl methyl sites for hydroxylation is 1. The maximum atomic E-state index is 12.8. The minimum atomic E-state index is 0.0161. The Morgan fingerprint density at radius 1 is 1.17 bits per heavy atom.